The Bertz CT molecular complexity index is 1030. The lowest BCUT2D eigenvalue weighted by Gasteiger charge is -2.31. The van der Waals surface area contributed by atoms with Crippen LogP contribution >= 0.6 is 0 Å². The number of carbonyl (C=O) groups is 2. The molecule has 2 aliphatic heterocycles. The van der Waals surface area contributed by atoms with Crippen LogP contribution in [-0.4, -0.2) is 56.6 Å². The van der Waals surface area contributed by atoms with Gasteiger partial charge in [0.2, 0.25) is 5.78 Å². The largest absolute Gasteiger partial charge is 0.497 e. The van der Waals surface area contributed by atoms with Gasteiger partial charge in [0.1, 0.15) is 23.9 Å². The second-order valence-corrected chi connectivity index (χ2v) is 8.11. The average molecular weight is 452 g/mol. The van der Waals surface area contributed by atoms with Crippen molar-refractivity contribution in [3.8, 4) is 17.2 Å². The fourth-order valence-electron chi connectivity index (χ4n) is 4.11. The van der Waals surface area contributed by atoms with E-state index in [1.54, 1.807) is 31.4 Å². The Morgan fingerprint density at radius 2 is 1.97 bits per heavy atom. The van der Waals surface area contributed by atoms with Crippen molar-refractivity contribution in [2.45, 2.75) is 19.8 Å². The van der Waals surface area contributed by atoms with E-state index in [9.17, 15) is 9.59 Å². The summed E-state index contributed by atoms with van der Waals surface area (Å²) in [5, 5.41) is 0. The van der Waals surface area contributed by atoms with Crippen LogP contribution in [0.5, 0.6) is 17.2 Å². The van der Waals surface area contributed by atoms with Gasteiger partial charge in [0.05, 0.1) is 25.2 Å². The number of Topliss-reactive ketones (excluding diaryl/α,β-unsaturated/α-hetero) is 1. The fourth-order valence-corrected chi connectivity index (χ4v) is 4.11. The summed E-state index contributed by atoms with van der Waals surface area (Å²) in [5.41, 5.74) is 1.38. The van der Waals surface area contributed by atoms with Gasteiger partial charge in [-0.3, -0.25) is 14.5 Å². The van der Waals surface area contributed by atoms with Crippen LogP contribution < -0.4 is 14.2 Å². The molecule has 7 nitrogen and oxygen atoms in total. The summed E-state index contributed by atoms with van der Waals surface area (Å²) in [6.07, 6.45) is 3.57. The summed E-state index contributed by atoms with van der Waals surface area (Å²) in [6.45, 7) is 5.09. The van der Waals surface area contributed by atoms with Crippen molar-refractivity contribution in [1.82, 2.24) is 4.90 Å². The molecule has 33 heavy (non-hydrogen) atoms. The maximum absolute atomic E-state index is 12.7. The molecule has 2 aromatic carbocycles. The Labute approximate surface area is 193 Å². The van der Waals surface area contributed by atoms with E-state index in [-0.39, 0.29) is 23.4 Å². The van der Waals surface area contributed by atoms with E-state index in [4.69, 9.17) is 18.9 Å². The number of hydrogen-bond donors (Lipinski definition) is 0. The summed E-state index contributed by atoms with van der Waals surface area (Å²) in [7, 11) is 1.61. The van der Waals surface area contributed by atoms with Crippen molar-refractivity contribution in [3.63, 3.8) is 0 Å². The van der Waals surface area contributed by atoms with Gasteiger partial charge in [0.15, 0.2) is 5.76 Å². The first kappa shape index (κ1) is 22.9. The number of nitrogens with zero attached hydrogens (tertiary/aromatic N) is 1. The molecule has 0 radical (unpaired) electrons. The normalized spacial score (nSPS) is 19.2. The first-order chi connectivity index (χ1) is 16.1. The number of ketones is 1. The molecule has 2 heterocycles. The number of piperidine rings is 1. The number of carbonyl (C=O) groups excluding carboxylic acids is 2. The van der Waals surface area contributed by atoms with Gasteiger partial charge in [0, 0.05) is 19.2 Å². The highest BCUT2D eigenvalue weighted by Crippen LogP contribution is 2.35. The van der Waals surface area contributed by atoms with Crippen LogP contribution in [-0.2, 0) is 9.53 Å². The third-order valence-electron chi connectivity index (χ3n) is 5.86. The molecule has 0 bridgehead atoms. The van der Waals surface area contributed by atoms with E-state index < -0.39 is 0 Å². The third kappa shape index (κ3) is 5.54. The van der Waals surface area contributed by atoms with Gasteiger partial charge in [-0.25, -0.2) is 0 Å². The number of esters is 1. The highest BCUT2D eigenvalue weighted by molar-refractivity contribution is 6.14. The minimum absolute atomic E-state index is 0.0611. The van der Waals surface area contributed by atoms with Crippen molar-refractivity contribution in [2.24, 2.45) is 5.92 Å². The monoisotopic (exact) mass is 451 g/mol. The van der Waals surface area contributed by atoms with E-state index in [0.717, 1.165) is 37.2 Å². The van der Waals surface area contributed by atoms with E-state index in [1.165, 1.54) is 0 Å². The van der Waals surface area contributed by atoms with Crippen LogP contribution in [0.3, 0.4) is 0 Å². The quantitative estimate of drug-likeness (QED) is 0.444. The van der Waals surface area contributed by atoms with E-state index >= 15 is 0 Å². The lowest BCUT2D eigenvalue weighted by atomic mass is 9.98. The van der Waals surface area contributed by atoms with Crippen molar-refractivity contribution in [1.29, 1.82) is 0 Å². The molecule has 2 aromatic rings. The molecule has 7 heteroatoms. The van der Waals surface area contributed by atoms with Gasteiger partial charge in [-0.05, 0) is 62.2 Å². The lowest BCUT2D eigenvalue weighted by Crippen LogP contribution is -2.41. The summed E-state index contributed by atoms with van der Waals surface area (Å²) < 4.78 is 22.1. The number of rotatable bonds is 8. The van der Waals surface area contributed by atoms with Crippen molar-refractivity contribution < 1.29 is 28.5 Å². The topological polar surface area (TPSA) is 74.3 Å². The summed E-state index contributed by atoms with van der Waals surface area (Å²) >= 11 is 0. The number of allylic oxidation sites excluding steroid dienone is 1. The zero-order valence-corrected chi connectivity index (χ0v) is 19.0. The highest BCUT2D eigenvalue weighted by Gasteiger charge is 2.28. The molecule has 0 aliphatic carbocycles. The number of ether oxygens (including phenoxy) is 4. The second kappa shape index (κ2) is 10.5. The van der Waals surface area contributed by atoms with Crippen LogP contribution in [0.4, 0.5) is 0 Å². The van der Waals surface area contributed by atoms with Gasteiger partial charge < -0.3 is 18.9 Å². The Balaban J connectivity index is 1.32. The summed E-state index contributed by atoms with van der Waals surface area (Å²) in [6, 6.07) is 12.7. The second-order valence-electron chi connectivity index (χ2n) is 8.11. The molecule has 1 saturated heterocycles. The van der Waals surface area contributed by atoms with Crippen molar-refractivity contribution in [2.75, 3.05) is 40.0 Å². The number of hydrogen-bond acceptors (Lipinski definition) is 7. The van der Waals surface area contributed by atoms with Crippen molar-refractivity contribution >= 4 is 17.8 Å². The molecular weight excluding hydrogens is 422 g/mol. The molecule has 1 atom stereocenters. The molecule has 4 rings (SSSR count). The Morgan fingerprint density at radius 3 is 2.73 bits per heavy atom. The molecule has 0 saturated carbocycles. The van der Waals surface area contributed by atoms with Crippen LogP contribution in [0.2, 0.25) is 0 Å². The third-order valence-corrected chi connectivity index (χ3v) is 5.86. The Hall–Kier alpha value is -3.32. The molecule has 2 aliphatic rings. The average Bonchev–Trinajstić information content (AvgIpc) is 3.14. The minimum atomic E-state index is -0.148. The smallest absolute Gasteiger partial charge is 0.310 e. The summed E-state index contributed by atoms with van der Waals surface area (Å²) in [4.78, 5) is 26.9. The van der Waals surface area contributed by atoms with Crippen LogP contribution in [0.25, 0.3) is 6.08 Å². The maximum atomic E-state index is 12.7. The SMILES string of the molecule is CCOC(=O)[C@H]1CCCN(CCOc2ccc3c(c2)O/C(=C\c2ccc(OC)cc2)C3=O)C1. The van der Waals surface area contributed by atoms with Crippen LogP contribution in [0.1, 0.15) is 35.7 Å². The van der Waals surface area contributed by atoms with E-state index in [0.29, 0.717) is 36.8 Å². The van der Waals surface area contributed by atoms with E-state index in [2.05, 4.69) is 4.90 Å². The Morgan fingerprint density at radius 1 is 1.18 bits per heavy atom. The highest BCUT2D eigenvalue weighted by atomic mass is 16.5. The molecular formula is C26H29NO6. The van der Waals surface area contributed by atoms with Gasteiger partial charge in [-0.1, -0.05) is 12.1 Å². The number of fused-ring (bicyclic) bond motifs is 1. The zero-order valence-electron chi connectivity index (χ0n) is 19.0. The number of methoxy groups -OCH3 is 1. The number of likely N-dealkylation sites (tertiary alicyclic amines) is 1. The fraction of sp³-hybridized carbons (Fsp3) is 0.385. The Kier molecular flexibility index (Phi) is 7.29. The first-order valence-electron chi connectivity index (χ1n) is 11.3. The van der Waals surface area contributed by atoms with Gasteiger partial charge in [0.25, 0.3) is 0 Å². The van der Waals surface area contributed by atoms with Gasteiger partial charge >= 0.3 is 5.97 Å². The molecule has 174 valence electrons. The summed E-state index contributed by atoms with van der Waals surface area (Å²) in [5.74, 6) is 1.86. The number of benzene rings is 2. The molecule has 0 spiro atoms. The molecule has 0 amide bonds. The minimum Gasteiger partial charge on any atom is -0.497 e. The molecule has 1 fully saturated rings. The van der Waals surface area contributed by atoms with Gasteiger partial charge in [-0.15, -0.1) is 0 Å². The predicted octanol–water partition coefficient (Wildman–Crippen LogP) is 3.97. The van der Waals surface area contributed by atoms with E-state index in [1.807, 2.05) is 31.2 Å². The van der Waals surface area contributed by atoms with Gasteiger partial charge in [-0.2, -0.15) is 0 Å². The van der Waals surface area contributed by atoms with Crippen LogP contribution in [0.15, 0.2) is 48.2 Å². The predicted molar refractivity (Wildman–Crippen MR) is 124 cm³/mol. The standard InChI is InChI=1S/C26H29NO6/c1-3-31-26(29)19-5-4-12-27(17-19)13-14-32-21-10-11-22-23(16-21)33-24(25(22)28)15-18-6-8-20(30-2)9-7-18/h6-11,15-16,19H,3-5,12-14,17H2,1-2H3/b24-15-/t19-/m0/s1. The lowest BCUT2D eigenvalue weighted by molar-refractivity contribution is -0.150. The molecule has 0 unspecified atom stereocenters. The maximum Gasteiger partial charge on any atom is 0.310 e. The van der Waals surface area contributed by atoms with Crippen LogP contribution in [0, 0.1) is 5.92 Å². The zero-order chi connectivity index (χ0) is 23.2. The molecule has 0 aromatic heterocycles. The first-order valence-corrected chi connectivity index (χ1v) is 11.3. The molecule has 0 N–H and O–H groups in total. The van der Waals surface area contributed by atoms with Crippen molar-refractivity contribution in [3.05, 3.63) is 59.4 Å².